The van der Waals surface area contributed by atoms with Crippen LogP contribution in [0.25, 0.3) is 11.3 Å². The van der Waals surface area contributed by atoms with E-state index in [0.29, 0.717) is 17.9 Å². The molecule has 1 unspecified atom stereocenters. The summed E-state index contributed by atoms with van der Waals surface area (Å²) in [6.07, 6.45) is 1.77. The molecule has 0 saturated carbocycles. The number of hydrogen-bond acceptors (Lipinski definition) is 5. The molecule has 1 aromatic heterocycles. The average molecular weight is 337 g/mol. The Morgan fingerprint density at radius 1 is 1.16 bits per heavy atom. The van der Waals surface area contributed by atoms with Crippen molar-refractivity contribution in [3.63, 3.8) is 0 Å². The van der Waals surface area contributed by atoms with Gasteiger partial charge in [0.1, 0.15) is 5.75 Å². The minimum atomic E-state index is -0.0881. The number of ketones is 1. The smallest absolute Gasteiger partial charge is 0.174 e. The van der Waals surface area contributed by atoms with Crippen LogP contribution in [0.3, 0.4) is 0 Å². The molecule has 3 heterocycles. The van der Waals surface area contributed by atoms with Crippen molar-refractivity contribution in [2.75, 3.05) is 46.4 Å². The molecule has 25 heavy (non-hydrogen) atoms. The molecule has 130 valence electrons. The highest BCUT2D eigenvalue weighted by atomic mass is 16.5. The van der Waals surface area contributed by atoms with Crippen LogP contribution in [-0.4, -0.2) is 66.9 Å². The zero-order valence-corrected chi connectivity index (χ0v) is 14.5. The molecule has 1 aromatic carbocycles. The van der Waals surface area contributed by atoms with Crippen LogP contribution in [0.2, 0.25) is 0 Å². The van der Waals surface area contributed by atoms with Gasteiger partial charge in [0.15, 0.2) is 5.78 Å². The SMILES string of the molecule is CN1CCN(CC2COc3ccc(-c4ccccn4)cc3C2=O)CC1. The highest BCUT2D eigenvalue weighted by molar-refractivity contribution is 6.02. The van der Waals surface area contributed by atoms with Gasteiger partial charge in [-0.3, -0.25) is 14.7 Å². The van der Waals surface area contributed by atoms with Crippen LogP contribution >= 0.6 is 0 Å². The summed E-state index contributed by atoms with van der Waals surface area (Å²) in [6, 6.07) is 11.6. The Morgan fingerprint density at radius 3 is 2.76 bits per heavy atom. The number of rotatable bonds is 3. The van der Waals surface area contributed by atoms with Crippen LogP contribution in [0.15, 0.2) is 42.6 Å². The Morgan fingerprint density at radius 2 is 2.00 bits per heavy atom. The van der Waals surface area contributed by atoms with Gasteiger partial charge in [0.25, 0.3) is 0 Å². The Hall–Kier alpha value is -2.24. The number of carbonyl (C=O) groups is 1. The topological polar surface area (TPSA) is 45.7 Å². The van der Waals surface area contributed by atoms with Crippen molar-refractivity contribution in [1.29, 1.82) is 0 Å². The standard InChI is InChI=1S/C20H23N3O2/c1-22-8-10-23(11-9-22)13-16-14-25-19-6-5-15(12-17(19)20(16)24)18-4-2-3-7-21-18/h2-7,12,16H,8-11,13-14H2,1H3. The molecule has 1 atom stereocenters. The number of aromatic nitrogens is 1. The Kier molecular flexibility index (Phi) is 4.51. The van der Waals surface area contributed by atoms with E-state index in [-0.39, 0.29) is 11.7 Å². The van der Waals surface area contributed by atoms with Crippen LogP contribution in [0.4, 0.5) is 0 Å². The average Bonchev–Trinajstić information content (AvgIpc) is 2.66. The first-order valence-electron chi connectivity index (χ1n) is 8.84. The molecule has 2 aliphatic heterocycles. The van der Waals surface area contributed by atoms with E-state index in [0.717, 1.165) is 44.0 Å². The number of piperazine rings is 1. The first-order chi connectivity index (χ1) is 12.2. The number of Topliss-reactive ketones (excluding diaryl/α,β-unsaturated/α-hetero) is 1. The van der Waals surface area contributed by atoms with E-state index in [1.807, 2.05) is 36.4 Å². The van der Waals surface area contributed by atoms with Gasteiger partial charge < -0.3 is 9.64 Å². The third-order valence-corrected chi connectivity index (χ3v) is 5.09. The second kappa shape index (κ2) is 6.94. The van der Waals surface area contributed by atoms with Crippen LogP contribution in [0, 0.1) is 5.92 Å². The zero-order chi connectivity index (χ0) is 17.2. The lowest BCUT2D eigenvalue weighted by atomic mass is 9.92. The minimum Gasteiger partial charge on any atom is -0.492 e. The van der Waals surface area contributed by atoms with Gasteiger partial charge >= 0.3 is 0 Å². The molecule has 0 amide bonds. The van der Waals surface area contributed by atoms with E-state index < -0.39 is 0 Å². The third kappa shape index (κ3) is 3.43. The third-order valence-electron chi connectivity index (χ3n) is 5.09. The summed E-state index contributed by atoms with van der Waals surface area (Å²) in [4.78, 5) is 22.1. The van der Waals surface area contributed by atoms with E-state index in [2.05, 4.69) is 21.8 Å². The second-order valence-corrected chi connectivity index (χ2v) is 6.90. The van der Waals surface area contributed by atoms with Gasteiger partial charge in [-0.25, -0.2) is 0 Å². The lowest BCUT2D eigenvalue weighted by Gasteiger charge is -2.35. The highest BCUT2D eigenvalue weighted by Gasteiger charge is 2.31. The molecule has 1 fully saturated rings. The molecular formula is C20H23N3O2. The normalized spacial score (nSPS) is 21.6. The number of benzene rings is 1. The Bertz CT molecular complexity index is 755. The van der Waals surface area contributed by atoms with Crippen molar-refractivity contribution < 1.29 is 9.53 Å². The number of fused-ring (bicyclic) bond motifs is 1. The van der Waals surface area contributed by atoms with Crippen molar-refractivity contribution in [1.82, 2.24) is 14.8 Å². The van der Waals surface area contributed by atoms with E-state index in [9.17, 15) is 4.79 Å². The molecule has 1 saturated heterocycles. The number of hydrogen-bond donors (Lipinski definition) is 0. The maximum Gasteiger partial charge on any atom is 0.174 e. The zero-order valence-electron chi connectivity index (χ0n) is 14.5. The van der Waals surface area contributed by atoms with Crippen molar-refractivity contribution in [3.05, 3.63) is 48.2 Å². The van der Waals surface area contributed by atoms with Crippen LogP contribution < -0.4 is 4.74 Å². The number of likely N-dealkylation sites (N-methyl/N-ethyl adjacent to an activating group) is 1. The fourth-order valence-electron chi connectivity index (χ4n) is 3.50. The highest BCUT2D eigenvalue weighted by Crippen LogP contribution is 2.31. The lowest BCUT2D eigenvalue weighted by molar-refractivity contribution is 0.0712. The van der Waals surface area contributed by atoms with E-state index >= 15 is 0 Å². The fourth-order valence-corrected chi connectivity index (χ4v) is 3.50. The predicted octanol–water partition coefficient (Wildman–Crippen LogP) is 2.19. The molecule has 0 aliphatic carbocycles. The number of ether oxygens (including phenoxy) is 1. The van der Waals surface area contributed by atoms with Gasteiger partial charge in [-0.15, -0.1) is 0 Å². The van der Waals surface area contributed by atoms with Crippen LogP contribution in [0.1, 0.15) is 10.4 Å². The molecule has 2 aliphatic rings. The summed E-state index contributed by atoms with van der Waals surface area (Å²) >= 11 is 0. The van der Waals surface area contributed by atoms with Crippen LogP contribution in [0.5, 0.6) is 5.75 Å². The first-order valence-corrected chi connectivity index (χ1v) is 8.84. The molecule has 0 N–H and O–H groups in total. The van der Waals surface area contributed by atoms with Crippen molar-refractivity contribution in [2.45, 2.75) is 0 Å². The molecule has 4 rings (SSSR count). The number of nitrogens with zero attached hydrogens (tertiary/aromatic N) is 3. The predicted molar refractivity (Wildman–Crippen MR) is 96.9 cm³/mol. The largest absolute Gasteiger partial charge is 0.492 e. The summed E-state index contributed by atoms with van der Waals surface area (Å²) in [5.74, 6) is 0.798. The van der Waals surface area contributed by atoms with E-state index in [1.54, 1.807) is 6.20 Å². The van der Waals surface area contributed by atoms with Crippen molar-refractivity contribution in [2.24, 2.45) is 5.92 Å². The second-order valence-electron chi connectivity index (χ2n) is 6.90. The molecule has 5 nitrogen and oxygen atoms in total. The molecule has 0 radical (unpaired) electrons. The van der Waals surface area contributed by atoms with Crippen molar-refractivity contribution in [3.8, 4) is 17.0 Å². The maximum atomic E-state index is 13.0. The van der Waals surface area contributed by atoms with Gasteiger partial charge in [0.2, 0.25) is 0 Å². The van der Waals surface area contributed by atoms with E-state index in [4.69, 9.17) is 4.74 Å². The molecule has 0 bridgehead atoms. The van der Waals surface area contributed by atoms with Gasteiger partial charge in [-0.1, -0.05) is 6.07 Å². The Labute approximate surface area is 148 Å². The first kappa shape index (κ1) is 16.2. The van der Waals surface area contributed by atoms with Gasteiger partial charge in [-0.05, 0) is 37.4 Å². The van der Waals surface area contributed by atoms with Gasteiger partial charge in [0, 0.05) is 44.5 Å². The van der Waals surface area contributed by atoms with Crippen LogP contribution in [-0.2, 0) is 0 Å². The lowest BCUT2D eigenvalue weighted by Crippen LogP contribution is -2.48. The quantitative estimate of drug-likeness (QED) is 0.859. The number of carbonyl (C=O) groups excluding carboxylic acids is 1. The molecule has 5 heteroatoms. The van der Waals surface area contributed by atoms with Gasteiger partial charge in [0.05, 0.1) is 23.8 Å². The molecule has 0 spiro atoms. The van der Waals surface area contributed by atoms with Crippen molar-refractivity contribution >= 4 is 5.78 Å². The summed E-state index contributed by atoms with van der Waals surface area (Å²) in [5.41, 5.74) is 2.52. The maximum absolute atomic E-state index is 13.0. The van der Waals surface area contributed by atoms with Gasteiger partial charge in [-0.2, -0.15) is 0 Å². The minimum absolute atomic E-state index is 0.0881. The monoisotopic (exact) mass is 337 g/mol. The fraction of sp³-hybridized carbons (Fsp3) is 0.400. The Balaban J connectivity index is 1.53. The summed E-state index contributed by atoms with van der Waals surface area (Å²) in [6.45, 7) is 5.40. The summed E-state index contributed by atoms with van der Waals surface area (Å²) in [7, 11) is 2.14. The summed E-state index contributed by atoms with van der Waals surface area (Å²) < 4.78 is 5.88. The molecular weight excluding hydrogens is 314 g/mol. The molecule has 2 aromatic rings. The van der Waals surface area contributed by atoms with E-state index in [1.165, 1.54) is 0 Å². The number of pyridine rings is 1. The summed E-state index contributed by atoms with van der Waals surface area (Å²) in [5, 5.41) is 0.